The fourth-order valence-corrected chi connectivity index (χ4v) is 5.69. The predicted molar refractivity (Wildman–Crippen MR) is 120 cm³/mol. The van der Waals surface area contributed by atoms with E-state index in [1.54, 1.807) is 18.2 Å². The lowest BCUT2D eigenvalue weighted by Crippen LogP contribution is -2.44. The molecule has 0 aromatic heterocycles. The normalized spacial score (nSPS) is 17.5. The Bertz CT molecular complexity index is 1040. The topological polar surface area (TPSA) is 75.7 Å². The van der Waals surface area contributed by atoms with Crippen LogP contribution in [0, 0.1) is 12.8 Å². The first-order valence-corrected chi connectivity index (χ1v) is 11.9. The summed E-state index contributed by atoms with van der Waals surface area (Å²) in [5.41, 5.74) is 2.05. The molecule has 1 amide bonds. The number of carbonyl (C=O) groups excluding carboxylic acids is 1. The van der Waals surface area contributed by atoms with E-state index in [9.17, 15) is 13.2 Å². The number of carbonyl (C=O) groups is 1. The lowest BCUT2D eigenvalue weighted by Gasteiger charge is -2.31. The molecule has 1 aliphatic heterocycles. The van der Waals surface area contributed by atoms with Crippen molar-refractivity contribution in [3.8, 4) is 5.75 Å². The standard InChI is InChI=1S/C21H24Cl2N2O4S/c1-14-5-8-20(29-2)19(10-14)24-21(26)15-4-3-9-25(12-15)30(27,28)13-16-6-7-17(22)11-18(16)23/h5-8,10-11,15H,3-4,9,12-13H2,1-2H3,(H,24,26). The Kier molecular flexibility index (Phi) is 7.29. The maximum atomic E-state index is 12.9. The van der Waals surface area contributed by atoms with E-state index >= 15 is 0 Å². The Hall–Kier alpha value is -1.80. The number of hydrogen-bond donors (Lipinski definition) is 1. The first kappa shape index (κ1) is 22.9. The maximum absolute atomic E-state index is 12.9. The van der Waals surface area contributed by atoms with Crippen LogP contribution < -0.4 is 10.1 Å². The highest BCUT2D eigenvalue weighted by Gasteiger charge is 2.33. The van der Waals surface area contributed by atoms with Crippen LogP contribution in [0.25, 0.3) is 0 Å². The average Bonchev–Trinajstić information content (AvgIpc) is 2.70. The zero-order valence-electron chi connectivity index (χ0n) is 16.8. The Morgan fingerprint density at radius 1 is 1.23 bits per heavy atom. The van der Waals surface area contributed by atoms with Gasteiger partial charge in [-0.05, 0) is 55.2 Å². The van der Waals surface area contributed by atoms with E-state index < -0.39 is 15.9 Å². The van der Waals surface area contributed by atoms with Gasteiger partial charge in [0.05, 0.1) is 24.5 Å². The number of benzene rings is 2. The molecule has 0 aliphatic carbocycles. The van der Waals surface area contributed by atoms with E-state index in [2.05, 4.69) is 5.32 Å². The van der Waals surface area contributed by atoms with Crippen molar-refractivity contribution in [2.24, 2.45) is 5.92 Å². The van der Waals surface area contributed by atoms with Crippen molar-refractivity contribution in [1.82, 2.24) is 4.31 Å². The van der Waals surface area contributed by atoms with Crippen molar-refractivity contribution >= 4 is 44.8 Å². The van der Waals surface area contributed by atoms with Crippen LogP contribution in [-0.4, -0.2) is 38.8 Å². The van der Waals surface area contributed by atoms with E-state index in [4.69, 9.17) is 27.9 Å². The number of nitrogens with one attached hydrogen (secondary N) is 1. The number of halogens is 2. The molecule has 30 heavy (non-hydrogen) atoms. The first-order valence-electron chi connectivity index (χ1n) is 9.57. The van der Waals surface area contributed by atoms with Gasteiger partial charge in [-0.2, -0.15) is 0 Å². The predicted octanol–water partition coefficient (Wildman–Crippen LogP) is 4.49. The van der Waals surface area contributed by atoms with Gasteiger partial charge in [-0.1, -0.05) is 35.3 Å². The molecule has 9 heteroatoms. The number of anilines is 1. The summed E-state index contributed by atoms with van der Waals surface area (Å²) < 4.78 is 32.6. The molecule has 2 aromatic rings. The second-order valence-corrected chi connectivity index (χ2v) is 10.2. The third-order valence-corrected chi connectivity index (χ3v) is 7.50. The zero-order valence-corrected chi connectivity index (χ0v) is 19.1. The third-order valence-electron chi connectivity index (χ3n) is 5.11. The number of rotatable bonds is 6. The second kappa shape index (κ2) is 9.56. The molecule has 1 N–H and O–H groups in total. The molecule has 1 heterocycles. The molecule has 3 rings (SSSR count). The van der Waals surface area contributed by atoms with Crippen LogP contribution >= 0.6 is 23.2 Å². The highest BCUT2D eigenvalue weighted by atomic mass is 35.5. The SMILES string of the molecule is COc1ccc(C)cc1NC(=O)C1CCCN(S(=O)(=O)Cc2ccc(Cl)cc2Cl)C1. The number of nitrogens with zero attached hydrogens (tertiary/aromatic N) is 1. The summed E-state index contributed by atoms with van der Waals surface area (Å²) in [7, 11) is -2.09. The number of sulfonamides is 1. The molecule has 1 atom stereocenters. The third kappa shape index (κ3) is 5.46. The monoisotopic (exact) mass is 470 g/mol. The van der Waals surface area contributed by atoms with Gasteiger partial charge < -0.3 is 10.1 Å². The molecule has 1 saturated heterocycles. The van der Waals surface area contributed by atoms with Gasteiger partial charge in [-0.3, -0.25) is 4.79 Å². The fraction of sp³-hybridized carbons (Fsp3) is 0.381. The summed E-state index contributed by atoms with van der Waals surface area (Å²) >= 11 is 12.0. The molecule has 0 radical (unpaired) electrons. The number of hydrogen-bond acceptors (Lipinski definition) is 4. The van der Waals surface area contributed by atoms with Crippen LogP contribution in [0.1, 0.15) is 24.0 Å². The molecule has 2 aromatic carbocycles. The Morgan fingerprint density at radius 2 is 2.00 bits per heavy atom. The average molecular weight is 471 g/mol. The quantitative estimate of drug-likeness (QED) is 0.674. The largest absolute Gasteiger partial charge is 0.495 e. The molecule has 6 nitrogen and oxygen atoms in total. The Balaban J connectivity index is 1.71. The van der Waals surface area contributed by atoms with E-state index in [1.807, 2.05) is 19.1 Å². The Labute approximate surface area is 187 Å². The van der Waals surface area contributed by atoms with Gasteiger partial charge in [0.2, 0.25) is 15.9 Å². The number of methoxy groups -OCH3 is 1. The summed E-state index contributed by atoms with van der Waals surface area (Å²) in [5.74, 6) is -0.336. The minimum Gasteiger partial charge on any atom is -0.495 e. The van der Waals surface area contributed by atoms with Gasteiger partial charge in [-0.15, -0.1) is 0 Å². The minimum atomic E-state index is -3.63. The first-order chi connectivity index (χ1) is 14.2. The smallest absolute Gasteiger partial charge is 0.228 e. The lowest BCUT2D eigenvalue weighted by molar-refractivity contribution is -0.120. The number of piperidine rings is 1. The molecule has 0 spiro atoms. The van der Waals surface area contributed by atoms with Crippen LogP contribution in [-0.2, 0) is 20.6 Å². The summed E-state index contributed by atoms with van der Waals surface area (Å²) in [6, 6.07) is 10.3. The zero-order chi connectivity index (χ0) is 21.9. The number of amides is 1. The van der Waals surface area contributed by atoms with Gasteiger partial charge in [0.15, 0.2) is 0 Å². The maximum Gasteiger partial charge on any atom is 0.228 e. The lowest BCUT2D eigenvalue weighted by atomic mass is 9.98. The van der Waals surface area contributed by atoms with Crippen molar-refractivity contribution in [3.05, 3.63) is 57.6 Å². The van der Waals surface area contributed by atoms with Gasteiger partial charge in [0.25, 0.3) is 0 Å². The molecule has 1 aliphatic rings. The van der Waals surface area contributed by atoms with Gasteiger partial charge >= 0.3 is 0 Å². The summed E-state index contributed by atoms with van der Waals surface area (Å²) in [5, 5.41) is 3.64. The van der Waals surface area contributed by atoms with Crippen LogP contribution in [0.15, 0.2) is 36.4 Å². The Morgan fingerprint density at radius 3 is 2.70 bits per heavy atom. The van der Waals surface area contributed by atoms with Crippen molar-refractivity contribution in [3.63, 3.8) is 0 Å². The van der Waals surface area contributed by atoms with Crippen LogP contribution in [0.5, 0.6) is 5.75 Å². The summed E-state index contributed by atoms with van der Waals surface area (Å²) in [6.45, 7) is 2.44. The van der Waals surface area contributed by atoms with Crippen molar-refractivity contribution in [2.75, 3.05) is 25.5 Å². The summed E-state index contributed by atoms with van der Waals surface area (Å²) in [4.78, 5) is 12.8. The highest BCUT2D eigenvalue weighted by molar-refractivity contribution is 7.88. The fourth-order valence-electron chi connectivity index (χ4n) is 3.49. The molecule has 1 unspecified atom stereocenters. The second-order valence-electron chi connectivity index (χ2n) is 7.38. The van der Waals surface area contributed by atoms with Crippen LogP contribution in [0.2, 0.25) is 10.0 Å². The summed E-state index contributed by atoms with van der Waals surface area (Å²) in [6.07, 6.45) is 1.23. The molecular formula is C21H24Cl2N2O4S. The molecule has 0 bridgehead atoms. The highest BCUT2D eigenvalue weighted by Crippen LogP contribution is 2.29. The number of ether oxygens (including phenoxy) is 1. The van der Waals surface area contributed by atoms with E-state index in [-0.39, 0.29) is 18.2 Å². The van der Waals surface area contributed by atoms with Gasteiger partial charge in [-0.25, -0.2) is 12.7 Å². The van der Waals surface area contributed by atoms with Crippen molar-refractivity contribution in [1.29, 1.82) is 0 Å². The minimum absolute atomic E-state index is 0.132. The molecular weight excluding hydrogens is 447 g/mol. The van der Waals surface area contributed by atoms with E-state index in [0.717, 1.165) is 5.56 Å². The van der Waals surface area contributed by atoms with Crippen molar-refractivity contribution in [2.45, 2.75) is 25.5 Å². The van der Waals surface area contributed by atoms with Crippen LogP contribution in [0.3, 0.4) is 0 Å². The van der Waals surface area contributed by atoms with Crippen LogP contribution in [0.4, 0.5) is 5.69 Å². The molecule has 1 fully saturated rings. The molecule has 0 saturated carbocycles. The number of aryl methyl sites for hydroxylation is 1. The van der Waals surface area contributed by atoms with Gasteiger partial charge in [0.1, 0.15) is 5.75 Å². The van der Waals surface area contributed by atoms with Gasteiger partial charge in [0, 0.05) is 23.1 Å². The molecule has 162 valence electrons. The van der Waals surface area contributed by atoms with E-state index in [0.29, 0.717) is 46.4 Å². The van der Waals surface area contributed by atoms with E-state index in [1.165, 1.54) is 17.5 Å². The van der Waals surface area contributed by atoms with Crippen molar-refractivity contribution < 1.29 is 17.9 Å².